The number of hydrogen-bond donors (Lipinski definition) is 1. The molecule has 5 nitrogen and oxygen atoms in total. The van der Waals surface area contributed by atoms with Crippen LogP contribution in [0.4, 0.5) is 0 Å². The lowest BCUT2D eigenvalue weighted by Crippen LogP contribution is -2.36. The van der Waals surface area contributed by atoms with Gasteiger partial charge in [0.2, 0.25) is 0 Å². The fourth-order valence-corrected chi connectivity index (χ4v) is 2.79. The molecule has 1 heterocycles. The van der Waals surface area contributed by atoms with Gasteiger partial charge in [-0.1, -0.05) is 11.4 Å². The second-order valence-electron chi connectivity index (χ2n) is 4.15. The molecular weight excluding hydrogens is 236 g/mol. The molecule has 0 bridgehead atoms. The van der Waals surface area contributed by atoms with Gasteiger partial charge in [0.15, 0.2) is 0 Å². The van der Waals surface area contributed by atoms with Crippen LogP contribution in [0.15, 0.2) is 0 Å². The Hall–Kier alpha value is -1.48. The first-order valence-electron chi connectivity index (χ1n) is 5.78. The van der Waals surface area contributed by atoms with Crippen molar-refractivity contribution in [2.75, 3.05) is 0 Å². The molecule has 1 amide bonds. The summed E-state index contributed by atoms with van der Waals surface area (Å²) in [7, 11) is 0. The molecule has 0 aromatic carbocycles. The highest BCUT2D eigenvalue weighted by atomic mass is 32.1. The van der Waals surface area contributed by atoms with Crippen LogP contribution in [0.2, 0.25) is 0 Å². The van der Waals surface area contributed by atoms with E-state index in [0.29, 0.717) is 11.3 Å². The van der Waals surface area contributed by atoms with Crippen LogP contribution in [-0.2, 0) is 6.42 Å². The smallest absolute Gasteiger partial charge is 0.265 e. The average molecular weight is 250 g/mol. The Morgan fingerprint density at radius 2 is 2.47 bits per heavy atom. The minimum atomic E-state index is -0.135. The summed E-state index contributed by atoms with van der Waals surface area (Å²) in [4.78, 5) is 12.6. The van der Waals surface area contributed by atoms with E-state index >= 15 is 0 Å². The molecule has 1 saturated carbocycles. The number of nitrogens with zero attached hydrogens (tertiary/aromatic N) is 3. The number of carbonyl (C=O) groups is 1. The Bertz CT molecular complexity index is 451. The maximum absolute atomic E-state index is 12.0. The number of rotatable bonds is 3. The Balaban J connectivity index is 2.05. The van der Waals surface area contributed by atoms with E-state index in [4.69, 9.17) is 5.26 Å². The molecule has 0 spiro atoms. The van der Waals surface area contributed by atoms with E-state index in [1.54, 1.807) is 0 Å². The van der Waals surface area contributed by atoms with Crippen molar-refractivity contribution >= 4 is 17.4 Å². The van der Waals surface area contributed by atoms with E-state index in [0.717, 1.165) is 36.5 Å². The summed E-state index contributed by atoms with van der Waals surface area (Å²) in [6.07, 6.45) is 3.47. The van der Waals surface area contributed by atoms with E-state index in [-0.39, 0.29) is 17.9 Å². The van der Waals surface area contributed by atoms with Gasteiger partial charge in [-0.05, 0) is 37.2 Å². The molecule has 2 rings (SSSR count). The Labute approximate surface area is 104 Å². The van der Waals surface area contributed by atoms with Gasteiger partial charge >= 0.3 is 0 Å². The van der Waals surface area contributed by atoms with Gasteiger partial charge < -0.3 is 5.32 Å². The predicted molar refractivity (Wildman–Crippen MR) is 63.5 cm³/mol. The fraction of sp³-hybridized carbons (Fsp3) is 0.636. The van der Waals surface area contributed by atoms with E-state index in [1.165, 1.54) is 0 Å². The molecule has 0 aliphatic heterocycles. The van der Waals surface area contributed by atoms with Crippen LogP contribution in [0, 0.1) is 17.2 Å². The van der Waals surface area contributed by atoms with Crippen LogP contribution < -0.4 is 5.32 Å². The second kappa shape index (κ2) is 5.23. The SMILES string of the molecule is CCc1nnsc1C(=O)NC1CCCC1C#N. The highest BCUT2D eigenvalue weighted by Crippen LogP contribution is 2.25. The maximum Gasteiger partial charge on any atom is 0.265 e. The standard InChI is InChI=1S/C11H14N4OS/c1-2-8-10(17-15-14-8)11(16)13-9-5-3-4-7(9)6-12/h7,9H,2-5H2,1H3,(H,13,16). The topological polar surface area (TPSA) is 78.7 Å². The van der Waals surface area contributed by atoms with Crippen molar-refractivity contribution in [3.05, 3.63) is 10.6 Å². The zero-order valence-corrected chi connectivity index (χ0v) is 10.5. The molecule has 90 valence electrons. The lowest BCUT2D eigenvalue weighted by molar-refractivity contribution is 0.0936. The minimum absolute atomic E-state index is 0.0145. The minimum Gasteiger partial charge on any atom is -0.347 e. The van der Waals surface area contributed by atoms with Gasteiger partial charge in [0.05, 0.1) is 17.7 Å². The summed E-state index contributed by atoms with van der Waals surface area (Å²) in [6, 6.07) is 2.24. The lowest BCUT2D eigenvalue weighted by atomic mass is 10.1. The zero-order valence-electron chi connectivity index (χ0n) is 9.64. The third-order valence-electron chi connectivity index (χ3n) is 3.10. The number of nitrogens with one attached hydrogen (secondary N) is 1. The lowest BCUT2D eigenvalue weighted by Gasteiger charge is -2.14. The van der Waals surface area contributed by atoms with Crippen molar-refractivity contribution in [1.82, 2.24) is 14.9 Å². The van der Waals surface area contributed by atoms with Crippen LogP contribution in [-0.4, -0.2) is 21.5 Å². The van der Waals surface area contributed by atoms with Gasteiger partial charge in [0.25, 0.3) is 5.91 Å². The van der Waals surface area contributed by atoms with E-state index < -0.39 is 0 Å². The summed E-state index contributed by atoms with van der Waals surface area (Å²) < 4.78 is 3.79. The number of aryl methyl sites for hydroxylation is 1. The van der Waals surface area contributed by atoms with E-state index in [9.17, 15) is 4.79 Å². The van der Waals surface area contributed by atoms with Crippen LogP contribution in [0.5, 0.6) is 0 Å². The van der Waals surface area contributed by atoms with Gasteiger partial charge in [-0.25, -0.2) is 0 Å². The van der Waals surface area contributed by atoms with Gasteiger partial charge in [-0.2, -0.15) is 5.26 Å². The third kappa shape index (κ3) is 2.44. The summed E-state index contributed by atoms with van der Waals surface area (Å²) in [5.74, 6) is -0.186. The molecule has 17 heavy (non-hydrogen) atoms. The molecule has 1 fully saturated rings. The first-order chi connectivity index (χ1) is 8.26. The van der Waals surface area contributed by atoms with E-state index in [1.807, 2.05) is 6.92 Å². The van der Waals surface area contributed by atoms with Gasteiger partial charge in [-0.3, -0.25) is 4.79 Å². The molecule has 6 heteroatoms. The van der Waals surface area contributed by atoms with Crippen LogP contribution >= 0.6 is 11.5 Å². The molecule has 1 aromatic heterocycles. The van der Waals surface area contributed by atoms with Crippen molar-refractivity contribution in [2.24, 2.45) is 5.92 Å². The molecule has 2 unspecified atom stereocenters. The highest BCUT2D eigenvalue weighted by molar-refractivity contribution is 7.08. The predicted octanol–water partition coefficient (Wildman–Crippen LogP) is 1.52. The molecule has 1 aliphatic carbocycles. The molecule has 2 atom stereocenters. The number of amides is 1. The average Bonchev–Trinajstić information content (AvgIpc) is 2.96. The highest BCUT2D eigenvalue weighted by Gasteiger charge is 2.29. The van der Waals surface area contributed by atoms with Crippen LogP contribution in [0.3, 0.4) is 0 Å². The first kappa shape index (κ1) is 12.0. The summed E-state index contributed by atoms with van der Waals surface area (Å²) in [6.45, 7) is 1.95. The van der Waals surface area contributed by atoms with Crippen LogP contribution in [0.25, 0.3) is 0 Å². The Morgan fingerprint density at radius 1 is 1.65 bits per heavy atom. The maximum atomic E-state index is 12.0. The normalized spacial score (nSPS) is 23.3. The monoisotopic (exact) mass is 250 g/mol. The van der Waals surface area contributed by atoms with Crippen molar-refractivity contribution in [1.29, 1.82) is 5.26 Å². The van der Waals surface area contributed by atoms with Crippen molar-refractivity contribution < 1.29 is 4.79 Å². The third-order valence-corrected chi connectivity index (χ3v) is 3.86. The molecule has 0 saturated heterocycles. The number of aromatic nitrogens is 2. The molecule has 0 radical (unpaired) electrons. The number of nitriles is 1. The van der Waals surface area contributed by atoms with Crippen LogP contribution in [0.1, 0.15) is 41.6 Å². The summed E-state index contributed by atoms with van der Waals surface area (Å²) in [5.41, 5.74) is 0.735. The van der Waals surface area contributed by atoms with Gasteiger partial charge in [0.1, 0.15) is 4.88 Å². The second-order valence-corrected chi connectivity index (χ2v) is 4.90. The summed E-state index contributed by atoms with van der Waals surface area (Å²) in [5, 5.41) is 15.8. The number of hydrogen-bond acceptors (Lipinski definition) is 5. The molecule has 1 aromatic rings. The summed E-state index contributed by atoms with van der Waals surface area (Å²) >= 11 is 1.12. The quantitative estimate of drug-likeness (QED) is 0.882. The first-order valence-corrected chi connectivity index (χ1v) is 6.55. The van der Waals surface area contributed by atoms with Crippen molar-refractivity contribution in [2.45, 2.75) is 38.6 Å². The molecule has 1 N–H and O–H groups in total. The Morgan fingerprint density at radius 3 is 3.18 bits per heavy atom. The van der Waals surface area contributed by atoms with E-state index in [2.05, 4.69) is 21.0 Å². The molecule has 1 aliphatic rings. The fourth-order valence-electron chi connectivity index (χ4n) is 2.13. The molecular formula is C11H14N4OS. The van der Waals surface area contributed by atoms with Gasteiger partial charge in [0, 0.05) is 6.04 Å². The zero-order chi connectivity index (χ0) is 12.3. The largest absolute Gasteiger partial charge is 0.347 e. The van der Waals surface area contributed by atoms with Crippen molar-refractivity contribution in [3.8, 4) is 6.07 Å². The van der Waals surface area contributed by atoms with Gasteiger partial charge in [-0.15, -0.1) is 5.10 Å². The Kier molecular flexibility index (Phi) is 3.69. The van der Waals surface area contributed by atoms with Crippen molar-refractivity contribution in [3.63, 3.8) is 0 Å². The number of carbonyl (C=O) groups excluding carboxylic acids is 1.